The van der Waals surface area contributed by atoms with Gasteiger partial charge >= 0.3 is 13.6 Å². The summed E-state index contributed by atoms with van der Waals surface area (Å²) in [4.78, 5) is 38.2. The molecule has 0 saturated heterocycles. The van der Waals surface area contributed by atoms with E-state index in [0.29, 0.717) is 12.8 Å². The van der Waals surface area contributed by atoms with E-state index in [2.05, 4.69) is 6.08 Å². The molecule has 41 heavy (non-hydrogen) atoms. The van der Waals surface area contributed by atoms with Crippen LogP contribution in [0.4, 0.5) is 0 Å². The maximum absolute atomic E-state index is 14.2. The van der Waals surface area contributed by atoms with Crippen LogP contribution in [0.2, 0.25) is 0 Å². The number of aliphatic hydroxyl groups is 1. The van der Waals surface area contributed by atoms with E-state index >= 15 is 0 Å². The van der Waals surface area contributed by atoms with E-state index in [1.807, 2.05) is 26.8 Å². The average Bonchev–Trinajstić information content (AvgIpc) is 3.12. The fourth-order valence-corrected chi connectivity index (χ4v) is 10.2. The molecule has 0 spiro atoms. The lowest BCUT2D eigenvalue weighted by Crippen LogP contribution is -2.69. The summed E-state index contributed by atoms with van der Waals surface area (Å²) in [6.07, 6.45) is 5.51. The number of alkyl halides is 1. The molecule has 230 valence electrons. The van der Waals surface area contributed by atoms with Crippen LogP contribution >= 0.6 is 19.2 Å². The molecule has 2 saturated carbocycles. The normalized spacial score (nSPS) is 39.9. The van der Waals surface area contributed by atoms with Crippen molar-refractivity contribution in [3.05, 3.63) is 23.8 Å². The number of esters is 1. The molecule has 11 heteroatoms. The molecule has 0 heterocycles. The van der Waals surface area contributed by atoms with Gasteiger partial charge in [0.05, 0.1) is 24.2 Å². The van der Waals surface area contributed by atoms with Crippen LogP contribution in [0.5, 0.6) is 0 Å². The number of aliphatic hydroxyl groups excluding tert-OH is 1. The SMILES string of the molecule is CCOP(=O)(COCC(=O)[C@@]1(OC(=O)CC)[C@@H](C)C[C@H]2[C@@H]3CC=C4CC(=O)C=C[C@]4(C)[C@@]3(Cl)[C@@H](O)C[C@@]21C)OCC. The molecule has 4 rings (SSSR count). The Kier molecular flexibility index (Phi) is 9.23. The number of carbonyl (C=O) groups is 3. The van der Waals surface area contributed by atoms with Crippen molar-refractivity contribution in [3.63, 3.8) is 0 Å². The Balaban J connectivity index is 1.71. The predicted molar refractivity (Wildman–Crippen MR) is 153 cm³/mol. The third-order valence-corrected chi connectivity index (χ3v) is 13.0. The lowest BCUT2D eigenvalue weighted by atomic mass is 9.46. The standard InChI is InChI=1S/C30H44ClO9P/c1-7-26(35)40-30(25(34)17-37-18-41(36,38-8-2)39-9-3)19(4)14-23-22-11-10-20-15-21(32)12-13-27(20,5)29(22,31)24(33)16-28(23,30)6/h10,12-13,19,22-24,33H,7-9,11,14-18H2,1-6H3/t19-,22-,23-,24-,27-,28-,29-,30-/m0/s1. The largest absolute Gasteiger partial charge is 0.450 e. The molecule has 1 N–H and O–H groups in total. The fraction of sp³-hybridized carbons (Fsp3) is 0.767. The third kappa shape index (κ3) is 4.93. The van der Waals surface area contributed by atoms with Crippen molar-refractivity contribution >= 4 is 36.7 Å². The van der Waals surface area contributed by atoms with Gasteiger partial charge in [-0.15, -0.1) is 11.6 Å². The second kappa shape index (κ2) is 11.6. The highest BCUT2D eigenvalue weighted by molar-refractivity contribution is 7.53. The van der Waals surface area contributed by atoms with E-state index in [1.165, 1.54) is 0 Å². The number of halogens is 1. The topological polar surface area (TPSA) is 125 Å². The van der Waals surface area contributed by atoms with Gasteiger partial charge in [-0.2, -0.15) is 0 Å². The van der Waals surface area contributed by atoms with E-state index in [-0.39, 0.29) is 50.1 Å². The molecule has 0 radical (unpaired) electrons. The minimum Gasteiger partial charge on any atom is -0.450 e. The summed E-state index contributed by atoms with van der Waals surface area (Å²) in [7, 11) is -3.56. The van der Waals surface area contributed by atoms with Crippen LogP contribution in [-0.2, 0) is 37.5 Å². The number of hydrogen-bond donors (Lipinski definition) is 1. The molecule has 0 aromatic heterocycles. The van der Waals surface area contributed by atoms with Crippen LogP contribution in [0.1, 0.15) is 73.6 Å². The summed E-state index contributed by atoms with van der Waals surface area (Å²) >= 11 is 7.54. The molecule has 0 amide bonds. The molecular formula is C30H44ClO9P. The molecule has 0 aromatic carbocycles. The average molecular weight is 615 g/mol. The van der Waals surface area contributed by atoms with Gasteiger partial charge in [-0.1, -0.05) is 45.4 Å². The first-order valence-corrected chi connectivity index (χ1v) is 16.8. The highest BCUT2D eigenvalue weighted by Gasteiger charge is 2.76. The number of ether oxygens (including phenoxy) is 2. The highest BCUT2D eigenvalue weighted by atomic mass is 35.5. The Hall–Kier alpha value is -1.35. The summed E-state index contributed by atoms with van der Waals surface area (Å²) in [6.45, 7) is 10.7. The number of fused-ring (bicyclic) bond motifs is 5. The Morgan fingerprint density at radius 3 is 2.41 bits per heavy atom. The van der Waals surface area contributed by atoms with Crippen LogP contribution in [0.25, 0.3) is 0 Å². The summed E-state index contributed by atoms with van der Waals surface area (Å²) in [5, 5.41) is 11.9. The van der Waals surface area contributed by atoms with Crippen LogP contribution in [-0.4, -0.2) is 65.4 Å². The zero-order valence-electron chi connectivity index (χ0n) is 24.9. The molecule has 8 atom stereocenters. The van der Waals surface area contributed by atoms with Crippen LogP contribution in [0.15, 0.2) is 23.8 Å². The van der Waals surface area contributed by atoms with Crippen LogP contribution < -0.4 is 0 Å². The van der Waals surface area contributed by atoms with Gasteiger partial charge in [0.1, 0.15) is 13.0 Å². The minimum absolute atomic E-state index is 0.00591. The van der Waals surface area contributed by atoms with Crippen molar-refractivity contribution in [2.75, 3.05) is 26.2 Å². The molecule has 9 nitrogen and oxygen atoms in total. The smallest absolute Gasteiger partial charge is 0.356 e. The zero-order chi connectivity index (χ0) is 30.4. The number of Topliss-reactive ketones (excluding diaryl/α,β-unsaturated/α-hetero) is 1. The van der Waals surface area contributed by atoms with Gasteiger partial charge in [0.25, 0.3) is 0 Å². The Labute approximate surface area is 247 Å². The molecule has 4 aliphatic carbocycles. The summed E-state index contributed by atoms with van der Waals surface area (Å²) in [5.74, 6) is -1.80. The lowest BCUT2D eigenvalue weighted by Gasteiger charge is -2.63. The van der Waals surface area contributed by atoms with Crippen molar-refractivity contribution < 1.29 is 42.6 Å². The maximum atomic E-state index is 14.2. The van der Waals surface area contributed by atoms with Gasteiger partial charge in [0.15, 0.2) is 11.4 Å². The number of carbonyl (C=O) groups excluding carboxylic acids is 3. The molecule has 2 fully saturated rings. The van der Waals surface area contributed by atoms with Gasteiger partial charge in [0, 0.05) is 29.6 Å². The van der Waals surface area contributed by atoms with Crippen molar-refractivity contribution in [1.82, 2.24) is 0 Å². The number of allylic oxidation sites excluding steroid dienone is 4. The van der Waals surface area contributed by atoms with Gasteiger partial charge in [-0.3, -0.25) is 18.9 Å². The second-order valence-electron chi connectivity index (χ2n) is 12.3. The summed E-state index contributed by atoms with van der Waals surface area (Å²) < 4.78 is 35.3. The van der Waals surface area contributed by atoms with E-state index in [9.17, 15) is 24.1 Å². The summed E-state index contributed by atoms with van der Waals surface area (Å²) in [6, 6.07) is 0. The lowest BCUT2D eigenvalue weighted by molar-refractivity contribution is -0.202. The van der Waals surface area contributed by atoms with Gasteiger partial charge < -0.3 is 23.6 Å². The predicted octanol–water partition coefficient (Wildman–Crippen LogP) is 5.37. The monoisotopic (exact) mass is 614 g/mol. The first-order chi connectivity index (χ1) is 19.2. The Morgan fingerprint density at radius 2 is 1.80 bits per heavy atom. The first-order valence-electron chi connectivity index (χ1n) is 14.7. The van der Waals surface area contributed by atoms with E-state index in [4.69, 9.17) is 30.1 Å². The quantitative estimate of drug-likeness (QED) is 0.141. The zero-order valence-corrected chi connectivity index (χ0v) is 26.6. The maximum Gasteiger partial charge on any atom is 0.356 e. The first kappa shape index (κ1) is 32.6. The fourth-order valence-electron chi connectivity index (χ4n) is 8.42. The number of hydrogen-bond acceptors (Lipinski definition) is 9. The Morgan fingerprint density at radius 1 is 1.15 bits per heavy atom. The van der Waals surface area contributed by atoms with Crippen molar-refractivity contribution in [1.29, 1.82) is 0 Å². The van der Waals surface area contributed by atoms with Crippen molar-refractivity contribution in [3.8, 4) is 0 Å². The molecule has 0 aromatic rings. The van der Waals surface area contributed by atoms with Crippen LogP contribution in [0, 0.1) is 28.6 Å². The number of ketones is 2. The van der Waals surface area contributed by atoms with E-state index in [0.717, 1.165) is 5.57 Å². The van der Waals surface area contributed by atoms with E-state index < -0.39 is 65.6 Å². The number of rotatable bonds is 11. The third-order valence-electron chi connectivity index (χ3n) is 10.3. The van der Waals surface area contributed by atoms with Crippen molar-refractivity contribution in [2.24, 2.45) is 28.6 Å². The van der Waals surface area contributed by atoms with Crippen molar-refractivity contribution in [2.45, 2.75) is 90.2 Å². The van der Waals surface area contributed by atoms with Crippen LogP contribution in [0.3, 0.4) is 0 Å². The molecule has 0 unspecified atom stereocenters. The van der Waals surface area contributed by atoms with Gasteiger partial charge in [0.2, 0.25) is 5.78 Å². The van der Waals surface area contributed by atoms with Gasteiger partial charge in [-0.25, -0.2) is 0 Å². The minimum atomic E-state index is -3.56. The molecule has 0 bridgehead atoms. The molecule has 0 aliphatic heterocycles. The second-order valence-corrected chi connectivity index (χ2v) is 14.9. The van der Waals surface area contributed by atoms with Gasteiger partial charge in [-0.05, 0) is 51.0 Å². The summed E-state index contributed by atoms with van der Waals surface area (Å²) in [5.41, 5.74) is -2.38. The molecular weight excluding hydrogens is 571 g/mol. The molecule has 4 aliphatic rings. The highest BCUT2D eigenvalue weighted by Crippen LogP contribution is 2.71. The van der Waals surface area contributed by atoms with E-state index in [1.54, 1.807) is 26.8 Å². The Bertz CT molecular complexity index is 1170.